The molecule has 0 aliphatic rings. The molecule has 0 spiro atoms. The van der Waals surface area contributed by atoms with Gasteiger partial charge >= 0.3 is 0 Å². The van der Waals surface area contributed by atoms with Crippen molar-refractivity contribution in [1.82, 2.24) is 4.98 Å². The molecule has 3 nitrogen and oxygen atoms in total. The number of anilines is 1. The van der Waals surface area contributed by atoms with Crippen LogP contribution in [0.15, 0.2) is 42.6 Å². The number of nitrogens with zero attached hydrogens (tertiary/aromatic N) is 1. The molecule has 1 aromatic carbocycles. The average Bonchev–Trinajstić information content (AvgIpc) is 2.33. The molecule has 1 atom stereocenters. The Balaban J connectivity index is 2.42. The van der Waals surface area contributed by atoms with Gasteiger partial charge in [0.1, 0.15) is 6.10 Å². The molecule has 0 saturated heterocycles. The zero-order chi connectivity index (χ0) is 11.5. The molecule has 1 heterocycles. The van der Waals surface area contributed by atoms with E-state index in [1.54, 1.807) is 36.5 Å². The van der Waals surface area contributed by atoms with Gasteiger partial charge < -0.3 is 10.8 Å². The van der Waals surface area contributed by atoms with E-state index in [4.69, 9.17) is 17.3 Å². The molecule has 0 bridgehead atoms. The molecule has 82 valence electrons. The summed E-state index contributed by atoms with van der Waals surface area (Å²) in [5.41, 5.74) is 7.32. The minimum absolute atomic E-state index is 0.391. The zero-order valence-corrected chi connectivity index (χ0v) is 9.22. The third kappa shape index (κ3) is 2.01. The molecule has 0 fully saturated rings. The van der Waals surface area contributed by atoms with Gasteiger partial charge in [-0.15, -0.1) is 0 Å². The first-order valence-corrected chi connectivity index (χ1v) is 5.21. The molecule has 0 aliphatic heterocycles. The van der Waals surface area contributed by atoms with E-state index >= 15 is 0 Å². The smallest absolute Gasteiger partial charge is 0.123 e. The van der Waals surface area contributed by atoms with Gasteiger partial charge in [0, 0.05) is 11.8 Å². The quantitative estimate of drug-likeness (QED) is 0.785. The molecule has 1 unspecified atom stereocenters. The number of pyridine rings is 1. The number of hydrogen-bond donors (Lipinski definition) is 2. The van der Waals surface area contributed by atoms with E-state index in [2.05, 4.69) is 4.98 Å². The number of aliphatic hydroxyl groups is 1. The number of hydrogen-bond acceptors (Lipinski definition) is 3. The van der Waals surface area contributed by atoms with Crippen LogP contribution in [0, 0.1) is 0 Å². The second-order valence-corrected chi connectivity index (χ2v) is 3.81. The lowest BCUT2D eigenvalue weighted by Crippen LogP contribution is -2.05. The van der Waals surface area contributed by atoms with Crippen LogP contribution in [-0.2, 0) is 0 Å². The van der Waals surface area contributed by atoms with Crippen LogP contribution >= 0.6 is 11.6 Å². The van der Waals surface area contributed by atoms with Crippen molar-refractivity contribution in [2.75, 3.05) is 5.73 Å². The number of aliphatic hydroxyl groups excluding tert-OH is 1. The van der Waals surface area contributed by atoms with E-state index in [-0.39, 0.29) is 0 Å². The topological polar surface area (TPSA) is 59.1 Å². The van der Waals surface area contributed by atoms with Gasteiger partial charge in [0.2, 0.25) is 0 Å². The Morgan fingerprint density at radius 1 is 1.19 bits per heavy atom. The van der Waals surface area contributed by atoms with Gasteiger partial charge in [-0.05, 0) is 18.2 Å². The Bertz CT molecular complexity index is 488. The van der Waals surface area contributed by atoms with E-state index < -0.39 is 6.10 Å². The molecular formula is C12H11ClN2O. The first kappa shape index (κ1) is 10.9. The van der Waals surface area contributed by atoms with Crippen molar-refractivity contribution in [2.24, 2.45) is 0 Å². The lowest BCUT2D eigenvalue weighted by Gasteiger charge is -2.13. The van der Waals surface area contributed by atoms with Crippen LogP contribution < -0.4 is 5.73 Å². The molecule has 2 rings (SSSR count). The van der Waals surface area contributed by atoms with Crippen LogP contribution in [-0.4, -0.2) is 10.1 Å². The van der Waals surface area contributed by atoms with Crippen LogP contribution in [0.2, 0.25) is 5.02 Å². The van der Waals surface area contributed by atoms with E-state index in [1.807, 2.05) is 6.07 Å². The normalized spacial score (nSPS) is 12.4. The molecule has 16 heavy (non-hydrogen) atoms. The number of para-hydroxylation sites is 1. The highest BCUT2D eigenvalue weighted by Crippen LogP contribution is 2.30. The summed E-state index contributed by atoms with van der Waals surface area (Å²) in [6.45, 7) is 0. The number of benzene rings is 1. The molecule has 0 saturated carbocycles. The number of nitrogens with two attached hydrogens (primary N) is 1. The van der Waals surface area contributed by atoms with Crippen molar-refractivity contribution >= 4 is 17.3 Å². The number of halogens is 1. The van der Waals surface area contributed by atoms with Crippen LogP contribution in [0.4, 0.5) is 5.69 Å². The Kier molecular flexibility index (Phi) is 3.08. The fraction of sp³-hybridized carbons (Fsp3) is 0.0833. The maximum absolute atomic E-state index is 10.1. The molecule has 0 amide bonds. The fourth-order valence-electron chi connectivity index (χ4n) is 1.49. The Morgan fingerprint density at radius 2 is 2.00 bits per heavy atom. The van der Waals surface area contributed by atoms with Gasteiger partial charge in [-0.25, -0.2) is 0 Å². The van der Waals surface area contributed by atoms with Gasteiger partial charge in [0.25, 0.3) is 0 Å². The summed E-state index contributed by atoms with van der Waals surface area (Å²) in [6.07, 6.45) is 0.777. The van der Waals surface area contributed by atoms with Crippen LogP contribution in [0.3, 0.4) is 0 Å². The molecule has 4 heteroatoms. The Morgan fingerprint density at radius 3 is 2.69 bits per heavy atom. The summed E-state index contributed by atoms with van der Waals surface area (Å²) in [5, 5.41) is 10.5. The van der Waals surface area contributed by atoms with Gasteiger partial charge in [-0.1, -0.05) is 29.8 Å². The van der Waals surface area contributed by atoms with Crippen molar-refractivity contribution in [3.05, 3.63) is 58.9 Å². The molecule has 1 aromatic heterocycles. The highest BCUT2D eigenvalue weighted by molar-refractivity contribution is 6.33. The van der Waals surface area contributed by atoms with Gasteiger partial charge in [-0.2, -0.15) is 0 Å². The van der Waals surface area contributed by atoms with E-state index in [1.165, 1.54) is 0 Å². The summed E-state index contributed by atoms with van der Waals surface area (Å²) < 4.78 is 0. The third-order valence-electron chi connectivity index (χ3n) is 2.35. The maximum atomic E-state index is 10.1. The SMILES string of the molecule is Nc1c(Cl)cccc1C(O)c1ccccn1. The van der Waals surface area contributed by atoms with E-state index in [0.29, 0.717) is 22.0 Å². The second-order valence-electron chi connectivity index (χ2n) is 3.40. The van der Waals surface area contributed by atoms with Gasteiger partial charge in [0.15, 0.2) is 0 Å². The largest absolute Gasteiger partial charge is 0.397 e. The average molecular weight is 235 g/mol. The summed E-state index contributed by atoms with van der Waals surface area (Å²) >= 11 is 5.89. The summed E-state index contributed by atoms with van der Waals surface area (Å²) in [7, 11) is 0. The molecule has 0 aliphatic carbocycles. The maximum Gasteiger partial charge on any atom is 0.123 e. The molecule has 0 radical (unpaired) electrons. The Labute approximate surface area is 98.5 Å². The monoisotopic (exact) mass is 234 g/mol. The molecule has 3 N–H and O–H groups in total. The van der Waals surface area contributed by atoms with Gasteiger partial charge in [-0.3, -0.25) is 4.98 Å². The minimum atomic E-state index is -0.847. The predicted octanol–water partition coefficient (Wildman–Crippen LogP) is 2.40. The lowest BCUT2D eigenvalue weighted by molar-refractivity contribution is 0.216. The van der Waals surface area contributed by atoms with E-state index in [9.17, 15) is 5.11 Å². The third-order valence-corrected chi connectivity index (χ3v) is 2.68. The first-order chi connectivity index (χ1) is 7.70. The predicted molar refractivity (Wildman–Crippen MR) is 64.2 cm³/mol. The van der Waals surface area contributed by atoms with Crippen LogP contribution in [0.5, 0.6) is 0 Å². The summed E-state index contributed by atoms with van der Waals surface area (Å²) in [4.78, 5) is 4.08. The number of nitrogen functional groups attached to an aromatic ring is 1. The van der Waals surface area contributed by atoms with Gasteiger partial charge in [0.05, 0.1) is 16.4 Å². The van der Waals surface area contributed by atoms with Crippen molar-refractivity contribution < 1.29 is 5.11 Å². The second kappa shape index (κ2) is 4.51. The lowest BCUT2D eigenvalue weighted by atomic mass is 10.0. The summed E-state index contributed by atoms with van der Waals surface area (Å²) in [6, 6.07) is 10.5. The first-order valence-electron chi connectivity index (χ1n) is 4.83. The van der Waals surface area contributed by atoms with Crippen LogP contribution in [0.1, 0.15) is 17.4 Å². The highest BCUT2D eigenvalue weighted by Gasteiger charge is 2.15. The molecular weight excluding hydrogens is 224 g/mol. The number of aromatic nitrogens is 1. The van der Waals surface area contributed by atoms with Crippen molar-refractivity contribution in [2.45, 2.75) is 6.10 Å². The van der Waals surface area contributed by atoms with Crippen molar-refractivity contribution in [3.8, 4) is 0 Å². The van der Waals surface area contributed by atoms with Crippen molar-refractivity contribution in [1.29, 1.82) is 0 Å². The highest BCUT2D eigenvalue weighted by atomic mass is 35.5. The summed E-state index contributed by atoms with van der Waals surface area (Å²) in [5.74, 6) is 0. The minimum Gasteiger partial charge on any atom is -0.397 e. The zero-order valence-electron chi connectivity index (χ0n) is 8.47. The van der Waals surface area contributed by atoms with E-state index in [0.717, 1.165) is 0 Å². The fourth-order valence-corrected chi connectivity index (χ4v) is 1.67. The Hall–Kier alpha value is -1.58. The van der Waals surface area contributed by atoms with Crippen molar-refractivity contribution in [3.63, 3.8) is 0 Å². The standard InChI is InChI=1S/C12H11ClN2O/c13-9-5-3-4-8(11(9)14)12(16)10-6-1-2-7-15-10/h1-7,12,16H,14H2. The number of rotatable bonds is 2. The van der Waals surface area contributed by atoms with Crippen LogP contribution in [0.25, 0.3) is 0 Å². The molecule has 2 aromatic rings.